The largest absolute Gasteiger partial charge is 0.393 e. The van der Waals surface area contributed by atoms with Gasteiger partial charge in [-0.1, -0.05) is 12.1 Å². The van der Waals surface area contributed by atoms with Crippen molar-refractivity contribution in [2.24, 2.45) is 7.05 Å². The van der Waals surface area contributed by atoms with Crippen molar-refractivity contribution in [3.8, 4) is 0 Å². The lowest BCUT2D eigenvalue weighted by molar-refractivity contribution is 0.170. The zero-order valence-electron chi connectivity index (χ0n) is 11.2. The highest BCUT2D eigenvalue weighted by Crippen LogP contribution is 2.14. The summed E-state index contributed by atoms with van der Waals surface area (Å²) in [7, 11) is 2.03. The summed E-state index contributed by atoms with van der Waals surface area (Å²) >= 11 is 0. The Labute approximate surface area is 108 Å². The predicted octanol–water partition coefficient (Wildman–Crippen LogP) is 1.82. The molecule has 2 atom stereocenters. The van der Waals surface area contributed by atoms with E-state index in [2.05, 4.69) is 27.9 Å². The quantitative estimate of drug-likeness (QED) is 0.847. The maximum absolute atomic E-state index is 9.33. The third-order valence-electron chi connectivity index (χ3n) is 3.18. The molecule has 0 fully saturated rings. The second-order valence-corrected chi connectivity index (χ2v) is 4.94. The SMILES string of the molecule is CC(O)CC(C)NCc1nc2ccccc2n1C. The molecule has 2 unspecified atom stereocenters. The van der Waals surface area contributed by atoms with Crippen LogP contribution in [0.3, 0.4) is 0 Å². The van der Waals surface area contributed by atoms with E-state index in [9.17, 15) is 5.11 Å². The number of imidazole rings is 1. The first kappa shape index (κ1) is 13.1. The van der Waals surface area contributed by atoms with Crippen molar-refractivity contribution in [1.82, 2.24) is 14.9 Å². The fourth-order valence-electron chi connectivity index (χ4n) is 2.21. The van der Waals surface area contributed by atoms with Crippen molar-refractivity contribution in [3.05, 3.63) is 30.1 Å². The second kappa shape index (κ2) is 5.50. The van der Waals surface area contributed by atoms with Crippen molar-refractivity contribution < 1.29 is 5.11 Å². The number of benzene rings is 1. The Morgan fingerprint density at radius 2 is 2.06 bits per heavy atom. The summed E-state index contributed by atoms with van der Waals surface area (Å²) in [4.78, 5) is 4.60. The van der Waals surface area contributed by atoms with Crippen LogP contribution in [0.2, 0.25) is 0 Å². The average Bonchev–Trinajstić information content (AvgIpc) is 2.64. The summed E-state index contributed by atoms with van der Waals surface area (Å²) in [5, 5.41) is 12.7. The Morgan fingerprint density at radius 1 is 1.33 bits per heavy atom. The summed E-state index contributed by atoms with van der Waals surface area (Å²) < 4.78 is 2.11. The van der Waals surface area contributed by atoms with Gasteiger partial charge in [0.2, 0.25) is 0 Å². The van der Waals surface area contributed by atoms with Crippen molar-refractivity contribution >= 4 is 11.0 Å². The molecule has 98 valence electrons. The summed E-state index contributed by atoms with van der Waals surface area (Å²) in [6.45, 7) is 4.61. The van der Waals surface area contributed by atoms with Crippen LogP contribution < -0.4 is 5.32 Å². The van der Waals surface area contributed by atoms with Gasteiger partial charge in [0.15, 0.2) is 0 Å². The Kier molecular flexibility index (Phi) is 3.99. The van der Waals surface area contributed by atoms with E-state index in [1.165, 1.54) is 0 Å². The molecular formula is C14H21N3O. The van der Waals surface area contributed by atoms with Gasteiger partial charge < -0.3 is 15.0 Å². The van der Waals surface area contributed by atoms with Gasteiger partial charge in [-0.05, 0) is 32.4 Å². The molecule has 4 heteroatoms. The van der Waals surface area contributed by atoms with Gasteiger partial charge in [-0.3, -0.25) is 0 Å². The van der Waals surface area contributed by atoms with E-state index in [4.69, 9.17) is 0 Å². The average molecular weight is 247 g/mol. The molecule has 18 heavy (non-hydrogen) atoms. The third-order valence-corrected chi connectivity index (χ3v) is 3.18. The number of nitrogens with one attached hydrogen (secondary N) is 1. The fourth-order valence-corrected chi connectivity index (χ4v) is 2.21. The van der Waals surface area contributed by atoms with Crippen LogP contribution >= 0.6 is 0 Å². The van der Waals surface area contributed by atoms with Gasteiger partial charge in [-0.15, -0.1) is 0 Å². The molecule has 0 radical (unpaired) electrons. The molecule has 0 aliphatic heterocycles. The predicted molar refractivity (Wildman–Crippen MR) is 73.3 cm³/mol. The van der Waals surface area contributed by atoms with Crippen molar-refractivity contribution in [3.63, 3.8) is 0 Å². The van der Waals surface area contributed by atoms with E-state index in [-0.39, 0.29) is 12.1 Å². The maximum atomic E-state index is 9.33. The topological polar surface area (TPSA) is 50.1 Å². The molecule has 2 rings (SSSR count). The normalized spacial score (nSPS) is 14.9. The Morgan fingerprint density at radius 3 is 2.72 bits per heavy atom. The summed E-state index contributed by atoms with van der Waals surface area (Å²) in [6.07, 6.45) is 0.483. The first-order chi connectivity index (χ1) is 8.58. The molecule has 0 saturated carbocycles. The Bertz CT molecular complexity index is 519. The number of para-hydroxylation sites is 2. The molecule has 0 saturated heterocycles. The van der Waals surface area contributed by atoms with Crippen LogP contribution in [0.4, 0.5) is 0 Å². The zero-order chi connectivity index (χ0) is 13.1. The molecule has 0 amide bonds. The molecule has 0 aliphatic carbocycles. The molecule has 4 nitrogen and oxygen atoms in total. The molecule has 1 aromatic carbocycles. The highest BCUT2D eigenvalue weighted by atomic mass is 16.3. The van der Waals surface area contributed by atoms with E-state index >= 15 is 0 Å². The van der Waals surface area contributed by atoms with Crippen molar-refractivity contribution in [1.29, 1.82) is 0 Å². The number of aliphatic hydroxyl groups is 1. The number of aromatic nitrogens is 2. The molecule has 1 heterocycles. The molecule has 1 aromatic heterocycles. The van der Waals surface area contributed by atoms with Gasteiger partial charge in [0.1, 0.15) is 5.82 Å². The summed E-state index contributed by atoms with van der Waals surface area (Å²) in [5.41, 5.74) is 2.18. The Balaban J connectivity index is 2.06. The van der Waals surface area contributed by atoms with Gasteiger partial charge in [0, 0.05) is 13.1 Å². The van der Waals surface area contributed by atoms with E-state index in [1.54, 1.807) is 0 Å². The van der Waals surface area contributed by atoms with Crippen LogP contribution in [-0.2, 0) is 13.6 Å². The molecule has 0 aliphatic rings. The molecular weight excluding hydrogens is 226 g/mol. The third kappa shape index (κ3) is 2.89. The van der Waals surface area contributed by atoms with E-state index < -0.39 is 0 Å². The molecule has 2 aromatic rings. The first-order valence-corrected chi connectivity index (χ1v) is 6.39. The van der Waals surface area contributed by atoms with Crippen LogP contribution in [0.25, 0.3) is 11.0 Å². The van der Waals surface area contributed by atoms with Gasteiger partial charge >= 0.3 is 0 Å². The minimum atomic E-state index is -0.270. The summed E-state index contributed by atoms with van der Waals surface area (Å²) in [5.74, 6) is 1.02. The van der Waals surface area contributed by atoms with Crippen LogP contribution in [0.1, 0.15) is 26.1 Å². The smallest absolute Gasteiger partial charge is 0.123 e. The zero-order valence-corrected chi connectivity index (χ0v) is 11.2. The monoisotopic (exact) mass is 247 g/mol. The number of fused-ring (bicyclic) bond motifs is 1. The first-order valence-electron chi connectivity index (χ1n) is 6.39. The number of hydrogen-bond donors (Lipinski definition) is 2. The van der Waals surface area contributed by atoms with Gasteiger partial charge in [-0.25, -0.2) is 4.98 Å². The molecule has 0 spiro atoms. The van der Waals surface area contributed by atoms with Crippen molar-refractivity contribution in [2.75, 3.05) is 0 Å². The van der Waals surface area contributed by atoms with Crippen molar-refractivity contribution in [2.45, 2.75) is 39.0 Å². The number of rotatable bonds is 5. The second-order valence-electron chi connectivity index (χ2n) is 4.94. The Hall–Kier alpha value is -1.39. The number of hydrogen-bond acceptors (Lipinski definition) is 3. The van der Waals surface area contributed by atoms with E-state index in [0.717, 1.165) is 29.8 Å². The summed E-state index contributed by atoms with van der Waals surface area (Å²) in [6, 6.07) is 8.41. The minimum Gasteiger partial charge on any atom is -0.393 e. The molecule has 2 N–H and O–H groups in total. The number of nitrogens with zero attached hydrogens (tertiary/aromatic N) is 2. The van der Waals surface area contributed by atoms with E-state index in [0.29, 0.717) is 0 Å². The van der Waals surface area contributed by atoms with Gasteiger partial charge in [0.25, 0.3) is 0 Å². The standard InChI is InChI=1S/C14H21N3O/c1-10(8-11(2)18)15-9-14-16-12-6-4-5-7-13(12)17(14)3/h4-7,10-11,15,18H,8-9H2,1-3H3. The van der Waals surface area contributed by atoms with Gasteiger partial charge in [-0.2, -0.15) is 0 Å². The lowest BCUT2D eigenvalue weighted by Gasteiger charge is -2.15. The van der Waals surface area contributed by atoms with E-state index in [1.807, 2.05) is 32.2 Å². The fraction of sp³-hybridized carbons (Fsp3) is 0.500. The highest BCUT2D eigenvalue weighted by Gasteiger charge is 2.09. The van der Waals surface area contributed by atoms with Crippen LogP contribution in [0, 0.1) is 0 Å². The van der Waals surface area contributed by atoms with Crippen LogP contribution in [-0.4, -0.2) is 26.8 Å². The maximum Gasteiger partial charge on any atom is 0.123 e. The number of aliphatic hydroxyl groups excluding tert-OH is 1. The van der Waals surface area contributed by atoms with Crippen LogP contribution in [0.15, 0.2) is 24.3 Å². The lowest BCUT2D eigenvalue weighted by atomic mass is 10.1. The highest BCUT2D eigenvalue weighted by molar-refractivity contribution is 5.75. The lowest BCUT2D eigenvalue weighted by Crippen LogP contribution is -2.29. The van der Waals surface area contributed by atoms with Crippen LogP contribution in [0.5, 0.6) is 0 Å². The minimum absolute atomic E-state index is 0.270. The number of aryl methyl sites for hydroxylation is 1. The molecule has 0 bridgehead atoms. The van der Waals surface area contributed by atoms with Gasteiger partial charge in [0.05, 0.1) is 23.7 Å².